The summed E-state index contributed by atoms with van der Waals surface area (Å²) in [5.41, 5.74) is 0.591. The van der Waals surface area contributed by atoms with E-state index in [1.807, 2.05) is 12.1 Å². The van der Waals surface area contributed by atoms with E-state index in [0.29, 0.717) is 10.9 Å². The van der Waals surface area contributed by atoms with Gasteiger partial charge in [-0.2, -0.15) is 0 Å². The normalized spacial score (nSPS) is 10.2. The fourth-order valence-corrected chi connectivity index (χ4v) is 1.97. The van der Waals surface area contributed by atoms with Gasteiger partial charge in [0.05, 0.1) is 11.3 Å². The first-order valence-electron chi connectivity index (χ1n) is 4.81. The highest BCUT2D eigenvalue weighted by atomic mass is 32.2. The summed E-state index contributed by atoms with van der Waals surface area (Å²) in [7, 11) is 0. The molecule has 0 aliphatic heterocycles. The Kier molecular flexibility index (Phi) is 3.34. The molecule has 2 heterocycles. The highest BCUT2D eigenvalue weighted by molar-refractivity contribution is 7.99. The van der Waals surface area contributed by atoms with Crippen LogP contribution in [0, 0.1) is 6.92 Å². The van der Waals surface area contributed by atoms with Crippen LogP contribution >= 0.6 is 11.8 Å². The van der Waals surface area contributed by atoms with Crippen LogP contribution in [0.25, 0.3) is 0 Å². The van der Waals surface area contributed by atoms with Crippen molar-refractivity contribution in [2.24, 2.45) is 0 Å². The number of carboxylic acid groups (broad SMARTS) is 1. The number of hydrogen-bond acceptors (Lipinski definition) is 5. The molecule has 0 aliphatic rings. The summed E-state index contributed by atoms with van der Waals surface area (Å²) in [6.07, 6.45) is 4.69. The molecular formula is C11H9N3O2S. The van der Waals surface area contributed by atoms with Crippen LogP contribution in [0.3, 0.4) is 0 Å². The van der Waals surface area contributed by atoms with Crippen molar-refractivity contribution in [3.8, 4) is 0 Å². The third-order valence-electron chi connectivity index (χ3n) is 2.05. The van der Waals surface area contributed by atoms with Crippen LogP contribution in [0.1, 0.15) is 16.1 Å². The molecule has 0 bridgehead atoms. The van der Waals surface area contributed by atoms with Gasteiger partial charge in [-0.15, -0.1) is 0 Å². The van der Waals surface area contributed by atoms with Crippen molar-refractivity contribution in [3.05, 3.63) is 42.0 Å². The zero-order valence-electron chi connectivity index (χ0n) is 8.99. The van der Waals surface area contributed by atoms with E-state index >= 15 is 0 Å². The Bertz CT molecular complexity index is 546. The largest absolute Gasteiger partial charge is 0.478 e. The van der Waals surface area contributed by atoms with Crippen molar-refractivity contribution >= 4 is 17.7 Å². The number of carbonyl (C=O) groups is 1. The Labute approximate surface area is 102 Å². The molecule has 6 heteroatoms. The van der Waals surface area contributed by atoms with Crippen LogP contribution in [-0.4, -0.2) is 26.0 Å². The SMILES string of the molecule is Cc1nc(Sc2ccncc2)ncc1C(=O)O. The minimum absolute atomic E-state index is 0.129. The van der Waals surface area contributed by atoms with Gasteiger partial charge in [0.2, 0.25) is 0 Å². The van der Waals surface area contributed by atoms with E-state index in [9.17, 15) is 4.79 Å². The second-order valence-corrected chi connectivity index (χ2v) is 4.28. The molecule has 1 N–H and O–H groups in total. The van der Waals surface area contributed by atoms with Crippen molar-refractivity contribution in [1.29, 1.82) is 0 Å². The van der Waals surface area contributed by atoms with Crippen LogP contribution in [0.5, 0.6) is 0 Å². The first kappa shape index (κ1) is 11.5. The van der Waals surface area contributed by atoms with Gasteiger partial charge in [0.1, 0.15) is 0 Å². The van der Waals surface area contributed by atoms with Crippen LogP contribution in [0.15, 0.2) is 40.8 Å². The Balaban J connectivity index is 2.24. The van der Waals surface area contributed by atoms with Gasteiger partial charge in [-0.25, -0.2) is 14.8 Å². The third kappa shape index (κ3) is 2.79. The molecule has 0 fully saturated rings. The van der Waals surface area contributed by atoms with Gasteiger partial charge in [0, 0.05) is 23.5 Å². The third-order valence-corrected chi connectivity index (χ3v) is 2.93. The van der Waals surface area contributed by atoms with Crippen molar-refractivity contribution < 1.29 is 9.90 Å². The van der Waals surface area contributed by atoms with E-state index in [0.717, 1.165) is 4.90 Å². The maximum Gasteiger partial charge on any atom is 0.339 e. The molecule has 86 valence electrons. The molecule has 17 heavy (non-hydrogen) atoms. The standard InChI is InChI=1S/C11H9N3O2S/c1-7-9(10(15)16)6-13-11(14-7)17-8-2-4-12-5-3-8/h2-6H,1H3,(H,15,16). The topological polar surface area (TPSA) is 76.0 Å². The van der Waals surface area contributed by atoms with Gasteiger partial charge in [-0.05, 0) is 30.8 Å². The quantitative estimate of drug-likeness (QED) is 0.836. The first-order chi connectivity index (χ1) is 8.16. The number of aromatic carboxylic acids is 1. The number of pyridine rings is 1. The number of rotatable bonds is 3. The maximum atomic E-state index is 10.8. The monoisotopic (exact) mass is 247 g/mol. The van der Waals surface area contributed by atoms with Crippen molar-refractivity contribution in [2.75, 3.05) is 0 Å². The summed E-state index contributed by atoms with van der Waals surface area (Å²) in [5, 5.41) is 9.38. The molecule has 2 aromatic rings. The van der Waals surface area contributed by atoms with Crippen LogP contribution in [-0.2, 0) is 0 Å². The number of nitrogens with zero attached hydrogens (tertiary/aromatic N) is 3. The predicted molar refractivity (Wildman–Crippen MR) is 62.1 cm³/mol. The number of aryl methyl sites for hydroxylation is 1. The average Bonchev–Trinajstić information content (AvgIpc) is 2.30. The van der Waals surface area contributed by atoms with Crippen LogP contribution < -0.4 is 0 Å². The number of hydrogen-bond donors (Lipinski definition) is 1. The molecule has 0 saturated heterocycles. The Morgan fingerprint density at radius 2 is 2.06 bits per heavy atom. The number of aromatic nitrogens is 3. The molecule has 0 aromatic carbocycles. The Hall–Kier alpha value is -1.95. The minimum atomic E-state index is -1.01. The molecule has 0 radical (unpaired) electrons. The Morgan fingerprint density at radius 3 is 2.65 bits per heavy atom. The predicted octanol–water partition coefficient (Wildman–Crippen LogP) is 2.03. The molecule has 0 aliphatic carbocycles. The van der Waals surface area contributed by atoms with E-state index in [2.05, 4.69) is 15.0 Å². The zero-order valence-corrected chi connectivity index (χ0v) is 9.81. The molecule has 0 saturated carbocycles. The molecule has 0 unspecified atom stereocenters. The summed E-state index contributed by atoms with van der Waals surface area (Å²) < 4.78 is 0. The second-order valence-electron chi connectivity index (χ2n) is 3.24. The van der Waals surface area contributed by atoms with Gasteiger partial charge >= 0.3 is 5.97 Å². The van der Waals surface area contributed by atoms with E-state index in [4.69, 9.17) is 5.11 Å². The Morgan fingerprint density at radius 1 is 1.35 bits per heavy atom. The summed E-state index contributed by atoms with van der Waals surface area (Å²) >= 11 is 1.37. The van der Waals surface area contributed by atoms with Crippen molar-refractivity contribution in [1.82, 2.24) is 15.0 Å². The van der Waals surface area contributed by atoms with Crippen LogP contribution in [0.2, 0.25) is 0 Å². The minimum Gasteiger partial charge on any atom is -0.478 e. The maximum absolute atomic E-state index is 10.8. The zero-order chi connectivity index (χ0) is 12.3. The molecule has 0 atom stereocenters. The molecule has 0 spiro atoms. The molecule has 0 amide bonds. The smallest absolute Gasteiger partial charge is 0.339 e. The summed E-state index contributed by atoms with van der Waals surface area (Å²) in [6.45, 7) is 1.65. The van der Waals surface area contributed by atoms with Crippen molar-refractivity contribution in [3.63, 3.8) is 0 Å². The van der Waals surface area contributed by atoms with Gasteiger partial charge in [-0.3, -0.25) is 4.98 Å². The summed E-state index contributed by atoms with van der Waals surface area (Å²) in [4.78, 5) is 23.8. The van der Waals surface area contributed by atoms with Gasteiger partial charge in [-0.1, -0.05) is 0 Å². The second kappa shape index (κ2) is 4.92. The highest BCUT2D eigenvalue weighted by Crippen LogP contribution is 2.23. The van der Waals surface area contributed by atoms with Gasteiger partial charge < -0.3 is 5.11 Å². The lowest BCUT2D eigenvalue weighted by molar-refractivity contribution is 0.0695. The van der Waals surface area contributed by atoms with Gasteiger partial charge in [0.25, 0.3) is 0 Å². The van der Waals surface area contributed by atoms with Crippen LogP contribution in [0.4, 0.5) is 0 Å². The molecule has 2 aromatic heterocycles. The van der Waals surface area contributed by atoms with E-state index in [1.165, 1.54) is 18.0 Å². The van der Waals surface area contributed by atoms with E-state index in [-0.39, 0.29) is 5.56 Å². The fourth-order valence-electron chi connectivity index (χ4n) is 1.22. The van der Waals surface area contributed by atoms with E-state index < -0.39 is 5.97 Å². The molecule has 5 nitrogen and oxygen atoms in total. The van der Waals surface area contributed by atoms with E-state index in [1.54, 1.807) is 19.3 Å². The fraction of sp³-hybridized carbons (Fsp3) is 0.0909. The summed E-state index contributed by atoms with van der Waals surface area (Å²) in [5.74, 6) is -1.01. The van der Waals surface area contributed by atoms with Crippen molar-refractivity contribution in [2.45, 2.75) is 17.0 Å². The average molecular weight is 247 g/mol. The lowest BCUT2D eigenvalue weighted by Crippen LogP contribution is -2.03. The highest BCUT2D eigenvalue weighted by Gasteiger charge is 2.10. The van der Waals surface area contributed by atoms with Gasteiger partial charge in [0.15, 0.2) is 5.16 Å². The first-order valence-corrected chi connectivity index (χ1v) is 5.63. The lowest BCUT2D eigenvalue weighted by Gasteiger charge is -2.02. The molecular weight excluding hydrogens is 238 g/mol. The number of carboxylic acids is 1. The molecule has 2 rings (SSSR count). The lowest BCUT2D eigenvalue weighted by atomic mass is 10.2. The summed E-state index contributed by atoms with van der Waals surface area (Å²) in [6, 6.07) is 3.68.